The maximum Gasteiger partial charge on any atom is 0.333 e. The number of carbonyl (C=O) groups excluding carboxylic acids is 1. The van der Waals surface area contributed by atoms with Crippen LogP contribution in [0.4, 0.5) is 8.78 Å². The lowest BCUT2D eigenvalue weighted by atomic mass is 9.77. The van der Waals surface area contributed by atoms with E-state index >= 15 is 0 Å². The second-order valence-corrected chi connectivity index (χ2v) is 8.14. The quantitative estimate of drug-likeness (QED) is 0.328. The summed E-state index contributed by atoms with van der Waals surface area (Å²) in [7, 11) is 0. The second-order valence-electron chi connectivity index (χ2n) is 8.14. The molecule has 0 saturated carbocycles. The van der Waals surface area contributed by atoms with Gasteiger partial charge in [0.1, 0.15) is 6.61 Å². The van der Waals surface area contributed by atoms with Crippen molar-refractivity contribution in [3.8, 4) is 0 Å². The van der Waals surface area contributed by atoms with Crippen molar-refractivity contribution in [3.05, 3.63) is 76.9 Å². The number of benzene rings is 2. The molecule has 0 heterocycles. The molecule has 0 saturated heterocycles. The average molecular weight is 461 g/mol. The molecule has 0 radical (unpaired) electrons. The molecular weight excluding hydrogens is 430 g/mol. The number of alkyl halides is 2. The van der Waals surface area contributed by atoms with E-state index in [4.69, 9.17) is 9.47 Å². The average Bonchev–Trinajstić information content (AvgIpc) is 2.78. The van der Waals surface area contributed by atoms with E-state index in [2.05, 4.69) is 0 Å². The summed E-state index contributed by atoms with van der Waals surface area (Å²) in [5, 5.41) is 9.87. The van der Waals surface area contributed by atoms with E-state index in [-0.39, 0.29) is 19.6 Å². The van der Waals surface area contributed by atoms with Gasteiger partial charge in [-0.1, -0.05) is 54.6 Å². The third-order valence-corrected chi connectivity index (χ3v) is 5.39. The van der Waals surface area contributed by atoms with Gasteiger partial charge in [0, 0.05) is 12.0 Å². The molecule has 0 aliphatic heterocycles. The number of hydrogen-bond donors (Lipinski definition) is 1. The van der Waals surface area contributed by atoms with Crippen LogP contribution < -0.4 is 0 Å². The van der Waals surface area contributed by atoms with Gasteiger partial charge < -0.3 is 14.6 Å². The largest absolute Gasteiger partial charge is 0.481 e. The van der Waals surface area contributed by atoms with Crippen LogP contribution in [0.25, 0.3) is 6.08 Å². The van der Waals surface area contributed by atoms with Crippen LogP contribution >= 0.6 is 0 Å². The molecule has 0 bridgehead atoms. The fourth-order valence-electron chi connectivity index (χ4n) is 3.30. The summed E-state index contributed by atoms with van der Waals surface area (Å²) in [6.45, 7) is 4.23. The molecular formula is C26H30F2O5. The molecule has 0 aromatic heterocycles. The molecule has 0 amide bonds. The van der Waals surface area contributed by atoms with E-state index in [9.17, 15) is 23.5 Å². The highest BCUT2D eigenvalue weighted by molar-refractivity contribution is 5.93. The third-order valence-electron chi connectivity index (χ3n) is 5.39. The van der Waals surface area contributed by atoms with Crippen LogP contribution in [-0.4, -0.2) is 36.2 Å². The predicted octanol–water partition coefficient (Wildman–Crippen LogP) is 5.63. The first-order chi connectivity index (χ1) is 15.6. The van der Waals surface area contributed by atoms with Crippen molar-refractivity contribution in [3.63, 3.8) is 0 Å². The maximum absolute atomic E-state index is 14.5. The van der Waals surface area contributed by atoms with E-state index in [0.29, 0.717) is 16.7 Å². The van der Waals surface area contributed by atoms with Crippen molar-refractivity contribution in [2.45, 2.75) is 51.6 Å². The van der Waals surface area contributed by atoms with Gasteiger partial charge in [0.25, 0.3) is 5.92 Å². The number of hydrogen-bond acceptors (Lipinski definition) is 4. The fraction of sp³-hybridized carbons (Fsp3) is 0.385. The van der Waals surface area contributed by atoms with Gasteiger partial charge in [-0.25, -0.2) is 13.6 Å². The number of esters is 1. The lowest BCUT2D eigenvalue weighted by molar-refractivity contribution is -0.145. The Kier molecular flexibility index (Phi) is 9.29. The highest BCUT2D eigenvalue weighted by atomic mass is 19.3. The second kappa shape index (κ2) is 11.7. The number of carbonyl (C=O) groups is 2. The first-order valence-corrected chi connectivity index (χ1v) is 10.8. The van der Waals surface area contributed by atoms with Gasteiger partial charge in [0.05, 0.1) is 18.6 Å². The Bertz CT molecular complexity index is 972. The van der Waals surface area contributed by atoms with Crippen molar-refractivity contribution in [1.29, 1.82) is 0 Å². The number of carboxylic acid groups (broad SMARTS) is 1. The third kappa shape index (κ3) is 7.79. The predicted molar refractivity (Wildman–Crippen MR) is 122 cm³/mol. The van der Waals surface area contributed by atoms with Crippen molar-refractivity contribution < 1.29 is 33.0 Å². The van der Waals surface area contributed by atoms with Crippen molar-refractivity contribution >= 4 is 18.0 Å². The van der Waals surface area contributed by atoms with E-state index in [1.54, 1.807) is 68.5 Å². The topological polar surface area (TPSA) is 72.8 Å². The molecule has 2 aromatic rings. The molecule has 0 aliphatic carbocycles. The number of ether oxygens (including phenoxy) is 2. The molecule has 0 fully saturated rings. The smallest absolute Gasteiger partial charge is 0.333 e. The SMILES string of the molecule is CCOC(=O)/C(C)=C/c1cccc(C(C)(CCC(F)(F)COCc2ccccc2)C(=O)O)c1. The van der Waals surface area contributed by atoms with Gasteiger partial charge in [0.2, 0.25) is 0 Å². The van der Waals surface area contributed by atoms with Gasteiger partial charge in [-0.3, -0.25) is 4.79 Å². The fourth-order valence-corrected chi connectivity index (χ4v) is 3.30. The van der Waals surface area contributed by atoms with Crippen molar-refractivity contribution in [2.75, 3.05) is 13.2 Å². The van der Waals surface area contributed by atoms with Gasteiger partial charge >= 0.3 is 11.9 Å². The van der Waals surface area contributed by atoms with Crippen LogP contribution in [0.3, 0.4) is 0 Å². The summed E-state index contributed by atoms with van der Waals surface area (Å²) in [6, 6.07) is 15.5. The standard InChI is InChI=1S/C26H30F2O5/c1-4-33-23(29)19(2)15-21-11-8-12-22(16-21)25(3,24(30)31)13-14-26(27,28)18-32-17-20-9-6-5-7-10-20/h5-12,15-16H,4,13-14,17-18H2,1-3H3,(H,30,31)/b19-15+. The molecule has 5 nitrogen and oxygen atoms in total. The molecule has 0 spiro atoms. The maximum atomic E-state index is 14.5. The number of aliphatic carboxylic acids is 1. The number of carboxylic acids is 1. The number of rotatable bonds is 12. The molecule has 1 unspecified atom stereocenters. The van der Waals surface area contributed by atoms with E-state index in [1.807, 2.05) is 6.07 Å². The molecule has 7 heteroatoms. The Morgan fingerprint density at radius 1 is 1.06 bits per heavy atom. The van der Waals surface area contributed by atoms with Gasteiger partial charge in [-0.05, 0) is 50.0 Å². The van der Waals surface area contributed by atoms with Crippen LogP contribution in [0.5, 0.6) is 0 Å². The molecule has 1 N–H and O–H groups in total. The minimum Gasteiger partial charge on any atom is -0.481 e. The molecule has 1 atom stereocenters. The highest BCUT2D eigenvalue weighted by Crippen LogP contribution is 2.34. The van der Waals surface area contributed by atoms with Gasteiger partial charge in [-0.2, -0.15) is 0 Å². The Labute approximate surface area is 193 Å². The van der Waals surface area contributed by atoms with E-state index in [1.165, 1.54) is 6.92 Å². The molecule has 178 valence electrons. The van der Waals surface area contributed by atoms with Gasteiger partial charge in [0.15, 0.2) is 0 Å². The first-order valence-electron chi connectivity index (χ1n) is 10.8. The molecule has 33 heavy (non-hydrogen) atoms. The lowest BCUT2D eigenvalue weighted by Gasteiger charge is -2.28. The Morgan fingerprint density at radius 2 is 1.76 bits per heavy atom. The summed E-state index contributed by atoms with van der Waals surface area (Å²) in [5.74, 6) is -4.85. The summed E-state index contributed by atoms with van der Waals surface area (Å²) < 4.78 is 39.1. The van der Waals surface area contributed by atoms with Crippen LogP contribution in [0.2, 0.25) is 0 Å². The minimum absolute atomic E-state index is 0.0564. The van der Waals surface area contributed by atoms with Crippen LogP contribution in [0, 0.1) is 0 Å². The lowest BCUT2D eigenvalue weighted by Crippen LogP contribution is -2.35. The summed E-state index contributed by atoms with van der Waals surface area (Å²) >= 11 is 0. The van der Waals surface area contributed by atoms with E-state index in [0.717, 1.165) is 5.56 Å². The van der Waals surface area contributed by atoms with Crippen molar-refractivity contribution in [1.82, 2.24) is 0 Å². The summed E-state index contributed by atoms with van der Waals surface area (Å²) in [6.07, 6.45) is 0.649. The minimum atomic E-state index is -3.18. The zero-order valence-corrected chi connectivity index (χ0v) is 19.1. The Morgan fingerprint density at radius 3 is 2.39 bits per heavy atom. The molecule has 2 aromatic carbocycles. The highest BCUT2D eigenvalue weighted by Gasteiger charge is 2.40. The Hall–Kier alpha value is -3.06. The van der Waals surface area contributed by atoms with Crippen molar-refractivity contribution in [2.24, 2.45) is 0 Å². The zero-order valence-electron chi connectivity index (χ0n) is 19.1. The number of halogens is 2. The summed E-state index contributed by atoms with van der Waals surface area (Å²) in [4.78, 5) is 23.9. The zero-order chi connectivity index (χ0) is 24.5. The summed E-state index contributed by atoms with van der Waals surface area (Å²) in [5.41, 5.74) is 0.564. The van der Waals surface area contributed by atoms with Crippen LogP contribution in [-0.2, 0) is 31.1 Å². The first kappa shape index (κ1) is 26.2. The Balaban J connectivity index is 2.10. The van der Waals surface area contributed by atoms with Crippen LogP contribution in [0.15, 0.2) is 60.2 Å². The van der Waals surface area contributed by atoms with E-state index < -0.39 is 36.3 Å². The molecule has 2 rings (SSSR count). The van der Waals surface area contributed by atoms with Crippen LogP contribution in [0.1, 0.15) is 50.3 Å². The van der Waals surface area contributed by atoms with Gasteiger partial charge in [-0.15, -0.1) is 0 Å². The molecule has 0 aliphatic rings. The monoisotopic (exact) mass is 460 g/mol. The normalized spacial score (nSPS) is 13.9.